The molecule has 1 nitrogen and oxygen atoms in total. The molecule has 8 heavy (non-hydrogen) atoms. The molecule has 0 atom stereocenters. The molecular weight excluding hydrogens is 116 g/mol. The Morgan fingerprint density at radius 3 is 1.75 bits per heavy atom. The summed E-state index contributed by atoms with van der Waals surface area (Å²) in [5.41, 5.74) is 0. The Labute approximate surface area is 52.9 Å². The zero-order chi connectivity index (χ0) is 6.99. The van der Waals surface area contributed by atoms with Gasteiger partial charge in [0.25, 0.3) is 0 Å². The van der Waals surface area contributed by atoms with Crippen LogP contribution in [0.3, 0.4) is 0 Å². The molecule has 0 aliphatic rings. The molecule has 0 aromatic carbocycles. The highest BCUT2D eigenvalue weighted by Gasteiger charge is 1.55. The minimum Gasteiger partial charge on any atom is -0.303 e. The quantitative estimate of drug-likeness (QED) is 0.387. The standard InChI is InChI=1S/C3H6O.C3H8Si/c1-2-3-4;1-4(2)3/h3H,2H2,1H3;1H2,2-3H3. The van der Waals surface area contributed by atoms with Crippen LogP contribution in [0, 0.1) is 0 Å². The molecule has 0 aromatic heterocycles. The first-order valence-electron chi connectivity index (χ1n) is 2.70. The molecule has 0 spiro atoms. The Balaban J connectivity index is 0. The van der Waals surface area contributed by atoms with Gasteiger partial charge in [-0.2, -0.15) is 0 Å². The molecule has 0 saturated heterocycles. The van der Waals surface area contributed by atoms with Crippen LogP contribution in [0.5, 0.6) is 0 Å². The number of rotatable bonds is 1. The summed E-state index contributed by atoms with van der Waals surface area (Å²) in [6, 6.07) is 0. The molecule has 0 heterocycles. The lowest BCUT2D eigenvalue weighted by Crippen LogP contribution is -1.74. The summed E-state index contributed by atoms with van der Waals surface area (Å²) in [5, 5.41) is 0. The molecule has 48 valence electrons. The van der Waals surface area contributed by atoms with Crippen LogP contribution in [0.4, 0.5) is 0 Å². The Kier molecular flexibility index (Phi) is 13.2. The third-order valence-corrected chi connectivity index (χ3v) is 0.167. The van der Waals surface area contributed by atoms with E-state index in [9.17, 15) is 4.79 Å². The fraction of sp³-hybridized carbons (Fsp3) is 0.667. The average molecular weight is 130 g/mol. The van der Waals surface area contributed by atoms with Crippen LogP contribution in [0.15, 0.2) is 0 Å². The van der Waals surface area contributed by atoms with E-state index >= 15 is 0 Å². The van der Waals surface area contributed by atoms with Crippen LogP contribution in [0.1, 0.15) is 13.3 Å². The number of aldehydes is 1. The zero-order valence-electron chi connectivity index (χ0n) is 5.90. The van der Waals surface area contributed by atoms with Crippen molar-refractivity contribution in [2.45, 2.75) is 26.4 Å². The second-order valence-corrected chi connectivity index (χ2v) is 4.20. The van der Waals surface area contributed by atoms with Gasteiger partial charge in [-0.15, -0.1) is 6.17 Å². The number of carbonyl (C=O) groups is 1. The average Bonchev–Trinajstić information content (AvgIpc) is 1.65. The van der Waals surface area contributed by atoms with Gasteiger partial charge in [-0.1, -0.05) is 20.0 Å². The van der Waals surface area contributed by atoms with E-state index in [4.69, 9.17) is 0 Å². The molecule has 0 saturated carbocycles. The van der Waals surface area contributed by atoms with E-state index in [0.29, 0.717) is 6.42 Å². The summed E-state index contributed by atoms with van der Waals surface area (Å²) in [6.07, 6.45) is 5.25. The molecule has 0 aliphatic carbocycles. The van der Waals surface area contributed by atoms with Crippen molar-refractivity contribution in [1.82, 2.24) is 0 Å². The predicted molar refractivity (Wildman–Crippen MR) is 41.0 cm³/mol. The van der Waals surface area contributed by atoms with Gasteiger partial charge in [-0.25, -0.2) is 0 Å². The molecule has 0 aliphatic heterocycles. The summed E-state index contributed by atoms with van der Waals surface area (Å²) in [7, 11) is -0.130. The van der Waals surface area contributed by atoms with Crippen LogP contribution in [0.2, 0.25) is 13.1 Å². The van der Waals surface area contributed by atoms with Gasteiger partial charge < -0.3 is 4.79 Å². The van der Waals surface area contributed by atoms with E-state index in [1.807, 2.05) is 6.92 Å². The molecule has 0 bridgehead atoms. The lowest BCUT2D eigenvalue weighted by Gasteiger charge is -1.62. The zero-order valence-corrected chi connectivity index (χ0v) is 6.90. The number of carbonyl (C=O) groups excluding carboxylic acids is 1. The van der Waals surface area contributed by atoms with Gasteiger partial charge in [0.1, 0.15) is 6.29 Å². The topological polar surface area (TPSA) is 17.1 Å². The smallest absolute Gasteiger partial charge is 0.119 e. The predicted octanol–water partition coefficient (Wildman–Crippen LogP) is 1.35. The Bertz CT molecular complexity index is 64.9. The summed E-state index contributed by atoms with van der Waals surface area (Å²) in [6.45, 7) is 6.13. The summed E-state index contributed by atoms with van der Waals surface area (Å²) in [4.78, 5) is 9.17. The molecule has 0 fully saturated rings. The first-order valence-corrected chi connectivity index (χ1v) is 5.41. The normalized spacial score (nSPS) is 6.38. The SMILES string of the molecule is C=[Si](C)C.CCC=O. The van der Waals surface area contributed by atoms with E-state index in [0.717, 1.165) is 6.29 Å². The maximum absolute atomic E-state index is 9.17. The fourth-order valence-electron chi connectivity index (χ4n) is 0. The Hall–Kier alpha value is -0.243. The highest BCUT2D eigenvalue weighted by atomic mass is 28.2. The van der Waals surface area contributed by atoms with Gasteiger partial charge in [-0.05, 0) is 8.41 Å². The van der Waals surface area contributed by atoms with Crippen molar-refractivity contribution in [2.24, 2.45) is 0 Å². The van der Waals surface area contributed by atoms with E-state index in [-0.39, 0.29) is 8.41 Å². The molecule has 2 heteroatoms. The van der Waals surface area contributed by atoms with Gasteiger partial charge in [-0.3, -0.25) is 0 Å². The highest BCUT2D eigenvalue weighted by molar-refractivity contribution is 6.59. The van der Waals surface area contributed by atoms with Crippen molar-refractivity contribution in [3.05, 3.63) is 0 Å². The number of hydrogen-bond acceptors (Lipinski definition) is 1. The molecular formula is C6H14OSi. The minimum absolute atomic E-state index is 0.130. The van der Waals surface area contributed by atoms with Gasteiger partial charge in [0.15, 0.2) is 0 Å². The first kappa shape index (κ1) is 10.7. The molecule has 0 N–H and O–H groups in total. The molecule has 0 aromatic rings. The third-order valence-electron chi connectivity index (χ3n) is 0.167. The highest BCUT2D eigenvalue weighted by Crippen LogP contribution is 1.53. The second-order valence-electron chi connectivity index (χ2n) is 1.78. The van der Waals surface area contributed by atoms with Gasteiger partial charge in [0, 0.05) is 6.42 Å². The van der Waals surface area contributed by atoms with Crippen molar-refractivity contribution in [3.63, 3.8) is 0 Å². The molecule has 0 rings (SSSR count). The second kappa shape index (κ2) is 9.90. The van der Waals surface area contributed by atoms with E-state index in [2.05, 4.69) is 19.3 Å². The van der Waals surface area contributed by atoms with Crippen LogP contribution < -0.4 is 0 Å². The lowest BCUT2D eigenvalue weighted by molar-refractivity contribution is -0.107. The lowest BCUT2D eigenvalue weighted by atomic mass is 10.6. The van der Waals surface area contributed by atoms with E-state index in [1.54, 1.807) is 0 Å². The largest absolute Gasteiger partial charge is 0.303 e. The third kappa shape index (κ3) is 227. The van der Waals surface area contributed by atoms with Crippen molar-refractivity contribution in [2.75, 3.05) is 0 Å². The number of hydrogen-bond donors (Lipinski definition) is 0. The summed E-state index contributed by atoms with van der Waals surface area (Å²) >= 11 is 0. The maximum atomic E-state index is 9.17. The van der Waals surface area contributed by atoms with Crippen LogP contribution in [-0.2, 0) is 4.79 Å². The van der Waals surface area contributed by atoms with Crippen LogP contribution in [0.25, 0.3) is 0 Å². The van der Waals surface area contributed by atoms with Crippen molar-refractivity contribution >= 4 is 20.9 Å². The molecule has 0 unspecified atom stereocenters. The van der Waals surface area contributed by atoms with Crippen molar-refractivity contribution in [1.29, 1.82) is 0 Å². The van der Waals surface area contributed by atoms with Crippen molar-refractivity contribution < 1.29 is 4.79 Å². The fourth-order valence-corrected chi connectivity index (χ4v) is 0. The molecule has 0 radical (unpaired) electrons. The van der Waals surface area contributed by atoms with Crippen LogP contribution in [-0.4, -0.2) is 20.9 Å². The van der Waals surface area contributed by atoms with Crippen LogP contribution >= 0.6 is 0 Å². The van der Waals surface area contributed by atoms with Crippen molar-refractivity contribution in [3.8, 4) is 0 Å². The monoisotopic (exact) mass is 130 g/mol. The van der Waals surface area contributed by atoms with E-state index < -0.39 is 0 Å². The van der Waals surface area contributed by atoms with Gasteiger partial charge in [0.2, 0.25) is 0 Å². The Morgan fingerprint density at radius 2 is 1.75 bits per heavy atom. The summed E-state index contributed by atoms with van der Waals surface area (Å²) < 4.78 is 0. The first-order chi connectivity index (χ1) is 3.65. The molecule has 0 amide bonds. The Morgan fingerprint density at radius 1 is 1.62 bits per heavy atom. The van der Waals surface area contributed by atoms with E-state index in [1.165, 1.54) is 0 Å². The maximum Gasteiger partial charge on any atom is 0.119 e. The minimum atomic E-state index is -0.130. The summed E-state index contributed by atoms with van der Waals surface area (Å²) in [5.74, 6) is 0. The van der Waals surface area contributed by atoms with Gasteiger partial charge >= 0.3 is 0 Å². The van der Waals surface area contributed by atoms with Gasteiger partial charge in [0.05, 0.1) is 0 Å².